The van der Waals surface area contributed by atoms with Gasteiger partial charge in [0.05, 0.1) is 0 Å². The topological polar surface area (TPSA) is 20.2 Å². The molecule has 0 bridgehead atoms. The summed E-state index contributed by atoms with van der Waals surface area (Å²) in [5, 5.41) is 8.66. The van der Waals surface area contributed by atoms with Crippen LogP contribution in [0.15, 0.2) is 0 Å². The first-order valence-electron chi connectivity index (χ1n) is 10.5. The van der Waals surface area contributed by atoms with Crippen LogP contribution in [0.4, 0.5) is 0 Å². The molecule has 0 spiro atoms. The van der Waals surface area contributed by atoms with E-state index in [4.69, 9.17) is 5.11 Å². The molecule has 0 aromatic rings. The van der Waals surface area contributed by atoms with Crippen molar-refractivity contribution in [2.24, 2.45) is 0 Å². The van der Waals surface area contributed by atoms with Gasteiger partial charge in [0.15, 0.2) is 0 Å². The molecule has 1 heteroatoms. The zero-order chi connectivity index (χ0) is 16.8. The van der Waals surface area contributed by atoms with Crippen LogP contribution in [0.3, 0.4) is 0 Å². The molecule has 0 unspecified atom stereocenters. The van der Waals surface area contributed by atoms with Crippen LogP contribution in [0.5, 0.6) is 0 Å². The average molecular weight is 323 g/mol. The van der Waals surface area contributed by atoms with Gasteiger partial charge in [-0.15, -0.1) is 11.8 Å². The highest BCUT2D eigenvalue weighted by Gasteiger charge is 1.93. The molecular formula is C22H42O. The van der Waals surface area contributed by atoms with Crippen molar-refractivity contribution in [2.75, 3.05) is 6.61 Å². The van der Waals surface area contributed by atoms with Crippen LogP contribution in [0.25, 0.3) is 0 Å². The molecule has 1 N–H and O–H groups in total. The second-order valence-electron chi connectivity index (χ2n) is 6.88. The van der Waals surface area contributed by atoms with E-state index in [1.165, 1.54) is 89.9 Å². The maximum Gasteiger partial charge on any atom is 0.0431 e. The van der Waals surface area contributed by atoms with Gasteiger partial charge in [0, 0.05) is 19.4 Å². The standard InChI is InChI=1S/C22H42O/c1-2-3-4-5-6-7-8-9-10-11-12-13-14-15-16-17-18-19-20-21-22-23/h23H,2-16,19-22H2,1H3. The molecular weight excluding hydrogens is 280 g/mol. The van der Waals surface area contributed by atoms with Gasteiger partial charge in [-0.3, -0.25) is 0 Å². The van der Waals surface area contributed by atoms with E-state index in [-0.39, 0.29) is 0 Å². The third-order valence-electron chi connectivity index (χ3n) is 4.49. The summed E-state index contributed by atoms with van der Waals surface area (Å²) in [5.41, 5.74) is 0. The Morgan fingerprint density at radius 3 is 1.22 bits per heavy atom. The third-order valence-corrected chi connectivity index (χ3v) is 4.49. The van der Waals surface area contributed by atoms with Gasteiger partial charge in [0.2, 0.25) is 0 Å². The van der Waals surface area contributed by atoms with Gasteiger partial charge in [-0.2, -0.15) is 0 Å². The van der Waals surface area contributed by atoms with E-state index in [1.54, 1.807) is 0 Å². The Balaban J connectivity index is 3.02. The van der Waals surface area contributed by atoms with Gasteiger partial charge in [-0.1, -0.05) is 90.4 Å². The van der Waals surface area contributed by atoms with Crippen LogP contribution < -0.4 is 0 Å². The van der Waals surface area contributed by atoms with Gasteiger partial charge in [0.25, 0.3) is 0 Å². The van der Waals surface area contributed by atoms with E-state index in [9.17, 15) is 0 Å². The van der Waals surface area contributed by atoms with Gasteiger partial charge < -0.3 is 5.11 Å². The summed E-state index contributed by atoms with van der Waals surface area (Å²) in [5.74, 6) is 6.46. The van der Waals surface area contributed by atoms with Crippen LogP contribution in [-0.4, -0.2) is 11.7 Å². The molecule has 0 rings (SSSR count). The SMILES string of the molecule is CCCCCCCCCCCCCCCCC#CCCCCO. The molecule has 0 aromatic carbocycles. The number of unbranched alkanes of at least 4 members (excludes halogenated alkanes) is 16. The molecule has 0 amide bonds. The molecule has 136 valence electrons. The largest absolute Gasteiger partial charge is 0.396 e. The van der Waals surface area contributed by atoms with Crippen LogP contribution in [0.1, 0.15) is 122 Å². The first-order valence-corrected chi connectivity index (χ1v) is 10.5. The zero-order valence-corrected chi connectivity index (χ0v) is 15.9. The van der Waals surface area contributed by atoms with Crippen molar-refractivity contribution in [3.63, 3.8) is 0 Å². The van der Waals surface area contributed by atoms with Gasteiger partial charge in [0.1, 0.15) is 0 Å². The average Bonchev–Trinajstić information content (AvgIpc) is 2.57. The normalized spacial score (nSPS) is 10.5. The van der Waals surface area contributed by atoms with Gasteiger partial charge in [-0.05, 0) is 19.3 Å². The number of hydrogen-bond acceptors (Lipinski definition) is 1. The Morgan fingerprint density at radius 2 is 0.826 bits per heavy atom. The fourth-order valence-electron chi connectivity index (χ4n) is 2.91. The number of rotatable bonds is 17. The molecule has 0 aliphatic heterocycles. The van der Waals surface area contributed by atoms with Crippen molar-refractivity contribution in [3.05, 3.63) is 0 Å². The lowest BCUT2D eigenvalue weighted by atomic mass is 10.0. The van der Waals surface area contributed by atoms with E-state index in [1.807, 2.05) is 0 Å². The maximum atomic E-state index is 8.66. The van der Waals surface area contributed by atoms with E-state index in [0.29, 0.717) is 6.61 Å². The van der Waals surface area contributed by atoms with Gasteiger partial charge in [-0.25, -0.2) is 0 Å². The molecule has 0 radical (unpaired) electrons. The molecule has 0 aromatic heterocycles. The molecule has 0 saturated heterocycles. The summed E-state index contributed by atoms with van der Waals surface area (Å²) in [4.78, 5) is 0. The fourth-order valence-corrected chi connectivity index (χ4v) is 2.91. The zero-order valence-electron chi connectivity index (χ0n) is 15.9. The van der Waals surface area contributed by atoms with E-state index in [0.717, 1.165) is 25.7 Å². The minimum absolute atomic E-state index is 0.306. The Morgan fingerprint density at radius 1 is 0.478 bits per heavy atom. The summed E-state index contributed by atoms with van der Waals surface area (Å²) in [6, 6.07) is 0. The predicted molar refractivity (Wildman–Crippen MR) is 104 cm³/mol. The predicted octanol–water partition coefficient (Wildman–Crippen LogP) is 7.02. The Labute approximate surface area is 146 Å². The van der Waals surface area contributed by atoms with Crippen molar-refractivity contribution in [2.45, 2.75) is 122 Å². The van der Waals surface area contributed by atoms with Crippen LogP contribution in [-0.2, 0) is 0 Å². The van der Waals surface area contributed by atoms with Crippen molar-refractivity contribution in [1.82, 2.24) is 0 Å². The lowest BCUT2D eigenvalue weighted by Gasteiger charge is -2.02. The second kappa shape index (κ2) is 21.5. The molecule has 0 aliphatic rings. The van der Waals surface area contributed by atoms with E-state index < -0.39 is 0 Å². The minimum Gasteiger partial charge on any atom is -0.396 e. The summed E-state index contributed by atoms with van der Waals surface area (Å²) >= 11 is 0. The highest BCUT2D eigenvalue weighted by Crippen LogP contribution is 2.13. The molecule has 0 saturated carbocycles. The van der Waals surface area contributed by atoms with Crippen molar-refractivity contribution >= 4 is 0 Å². The third kappa shape index (κ3) is 21.5. The lowest BCUT2D eigenvalue weighted by molar-refractivity contribution is 0.285. The van der Waals surface area contributed by atoms with Crippen LogP contribution >= 0.6 is 0 Å². The first kappa shape index (κ1) is 22.5. The molecule has 0 heterocycles. The summed E-state index contributed by atoms with van der Waals surface area (Å²) < 4.78 is 0. The maximum absolute atomic E-state index is 8.66. The molecule has 0 atom stereocenters. The quantitative estimate of drug-likeness (QED) is 0.225. The highest BCUT2D eigenvalue weighted by molar-refractivity contribution is 4.98. The minimum atomic E-state index is 0.306. The Bertz CT molecular complexity index is 261. The number of aliphatic hydroxyl groups is 1. The van der Waals surface area contributed by atoms with Gasteiger partial charge >= 0.3 is 0 Å². The summed E-state index contributed by atoms with van der Waals surface area (Å²) in [6.07, 6.45) is 23.8. The Hall–Kier alpha value is -0.480. The second-order valence-corrected chi connectivity index (χ2v) is 6.88. The van der Waals surface area contributed by atoms with E-state index in [2.05, 4.69) is 18.8 Å². The molecule has 1 nitrogen and oxygen atoms in total. The van der Waals surface area contributed by atoms with Crippen molar-refractivity contribution in [1.29, 1.82) is 0 Å². The van der Waals surface area contributed by atoms with E-state index >= 15 is 0 Å². The smallest absolute Gasteiger partial charge is 0.0431 e. The molecule has 0 fully saturated rings. The van der Waals surface area contributed by atoms with Crippen molar-refractivity contribution in [3.8, 4) is 11.8 Å². The molecule has 0 aliphatic carbocycles. The lowest BCUT2D eigenvalue weighted by Crippen LogP contribution is -1.83. The molecule has 23 heavy (non-hydrogen) atoms. The monoisotopic (exact) mass is 322 g/mol. The van der Waals surface area contributed by atoms with Crippen molar-refractivity contribution < 1.29 is 5.11 Å². The summed E-state index contributed by atoms with van der Waals surface area (Å²) in [7, 11) is 0. The Kier molecular flexibility index (Phi) is 21.1. The fraction of sp³-hybridized carbons (Fsp3) is 0.909. The summed E-state index contributed by atoms with van der Waals surface area (Å²) in [6.45, 7) is 2.59. The number of aliphatic hydroxyl groups excluding tert-OH is 1. The number of hydrogen-bond donors (Lipinski definition) is 1. The highest BCUT2D eigenvalue weighted by atomic mass is 16.2. The van der Waals surface area contributed by atoms with Crippen LogP contribution in [0.2, 0.25) is 0 Å². The first-order chi connectivity index (χ1) is 11.4. The van der Waals surface area contributed by atoms with Crippen LogP contribution in [0, 0.1) is 11.8 Å².